The first-order valence-corrected chi connectivity index (χ1v) is 5.30. The fourth-order valence-electron chi connectivity index (χ4n) is 1.56. The molecule has 0 saturated heterocycles. The fourth-order valence-corrected chi connectivity index (χ4v) is 1.56. The van der Waals surface area contributed by atoms with Crippen molar-refractivity contribution in [3.05, 3.63) is 48.3 Å². The molecule has 17 heavy (non-hydrogen) atoms. The van der Waals surface area contributed by atoms with Crippen molar-refractivity contribution in [3.8, 4) is 5.69 Å². The highest BCUT2D eigenvalue weighted by Crippen LogP contribution is 2.08. The molecule has 2 rings (SSSR count). The number of rotatable bonds is 4. The number of aliphatic carboxylic acids is 1. The zero-order valence-corrected chi connectivity index (χ0v) is 9.24. The molecule has 0 spiro atoms. The minimum absolute atomic E-state index is 0.329. The van der Waals surface area contributed by atoms with E-state index in [-0.39, 0.29) is 0 Å². The summed E-state index contributed by atoms with van der Waals surface area (Å²) in [5.74, 6) is -1.14. The van der Waals surface area contributed by atoms with Gasteiger partial charge in [-0.15, -0.1) is 0 Å². The number of carbonyl (C=O) groups excluding carboxylic acids is 1. The van der Waals surface area contributed by atoms with Gasteiger partial charge in [0.15, 0.2) is 0 Å². The summed E-state index contributed by atoms with van der Waals surface area (Å²) < 4.78 is 1.71. The van der Waals surface area contributed by atoms with E-state index in [9.17, 15) is 9.90 Å². The Morgan fingerprint density at radius 3 is 2.76 bits per heavy atom. The molecule has 0 amide bonds. The second-order valence-electron chi connectivity index (χ2n) is 3.85. The average molecular weight is 231 g/mol. The van der Waals surface area contributed by atoms with Crippen LogP contribution >= 0.6 is 0 Å². The lowest BCUT2D eigenvalue weighted by molar-refractivity contribution is -0.437. The number of para-hydroxylation sites is 1. The maximum atomic E-state index is 10.6. The molecule has 1 aromatic heterocycles. The molecule has 1 atom stereocenters. The highest BCUT2D eigenvalue weighted by molar-refractivity contribution is 5.69. The molecule has 0 unspecified atom stereocenters. The topological polar surface area (TPSA) is 85.6 Å². The number of nitrogens with zero attached hydrogens (tertiary/aromatic N) is 2. The Morgan fingerprint density at radius 2 is 2.12 bits per heavy atom. The third kappa shape index (κ3) is 2.70. The van der Waals surface area contributed by atoms with Crippen molar-refractivity contribution in [2.75, 3.05) is 0 Å². The van der Waals surface area contributed by atoms with Crippen LogP contribution in [-0.4, -0.2) is 21.8 Å². The molecule has 5 nitrogen and oxygen atoms in total. The van der Waals surface area contributed by atoms with Crippen LogP contribution in [0.25, 0.3) is 5.69 Å². The standard InChI is InChI=1S/C12H13N3O2/c13-11(12(16)17)6-9-7-14-15(8-9)10-4-2-1-3-5-10/h1-5,7-8,11H,6,13H2,(H,16,17)/t11-/m1/s1. The molecule has 2 aromatic rings. The molecule has 1 heterocycles. The van der Waals surface area contributed by atoms with Gasteiger partial charge >= 0.3 is 0 Å². The van der Waals surface area contributed by atoms with Gasteiger partial charge in [-0.25, -0.2) is 4.68 Å². The number of benzene rings is 1. The van der Waals surface area contributed by atoms with Crippen molar-refractivity contribution in [3.63, 3.8) is 0 Å². The van der Waals surface area contributed by atoms with Crippen LogP contribution in [0.4, 0.5) is 0 Å². The maximum absolute atomic E-state index is 10.6. The number of carbonyl (C=O) groups is 1. The molecule has 0 aliphatic heterocycles. The van der Waals surface area contributed by atoms with Gasteiger partial charge in [0.2, 0.25) is 0 Å². The molecular weight excluding hydrogens is 218 g/mol. The van der Waals surface area contributed by atoms with E-state index in [1.807, 2.05) is 30.3 Å². The summed E-state index contributed by atoms with van der Waals surface area (Å²) in [6, 6.07) is 8.87. The lowest BCUT2D eigenvalue weighted by Gasteiger charge is -2.06. The Morgan fingerprint density at radius 1 is 1.41 bits per heavy atom. The van der Waals surface area contributed by atoms with E-state index in [4.69, 9.17) is 0 Å². The Labute approximate surface area is 98.5 Å². The predicted octanol–water partition coefficient (Wildman–Crippen LogP) is -1.22. The first kappa shape index (κ1) is 11.3. The highest BCUT2D eigenvalue weighted by atomic mass is 16.4. The molecule has 1 aromatic carbocycles. The van der Waals surface area contributed by atoms with Gasteiger partial charge in [-0.1, -0.05) is 18.2 Å². The number of quaternary nitrogens is 1. The van der Waals surface area contributed by atoms with Crippen molar-refractivity contribution >= 4 is 5.97 Å². The summed E-state index contributed by atoms with van der Waals surface area (Å²) in [5, 5.41) is 14.8. The molecule has 3 N–H and O–H groups in total. The summed E-state index contributed by atoms with van der Waals surface area (Å²) in [7, 11) is 0. The van der Waals surface area contributed by atoms with E-state index >= 15 is 0 Å². The highest BCUT2D eigenvalue weighted by Gasteiger charge is 2.10. The largest absolute Gasteiger partial charge is 0.544 e. The van der Waals surface area contributed by atoms with Crippen LogP contribution in [0.15, 0.2) is 42.7 Å². The normalized spacial score (nSPS) is 12.3. The van der Waals surface area contributed by atoms with E-state index < -0.39 is 12.0 Å². The smallest absolute Gasteiger partial charge is 0.129 e. The van der Waals surface area contributed by atoms with E-state index in [0.29, 0.717) is 6.42 Å². The van der Waals surface area contributed by atoms with Crippen molar-refractivity contribution in [1.29, 1.82) is 0 Å². The van der Waals surface area contributed by atoms with Crippen LogP contribution < -0.4 is 10.8 Å². The second kappa shape index (κ2) is 4.80. The molecule has 0 bridgehead atoms. The van der Waals surface area contributed by atoms with Gasteiger partial charge < -0.3 is 15.6 Å². The van der Waals surface area contributed by atoms with Crippen LogP contribution in [0, 0.1) is 0 Å². The van der Waals surface area contributed by atoms with Crippen LogP contribution in [0.1, 0.15) is 5.56 Å². The van der Waals surface area contributed by atoms with Gasteiger partial charge in [0.1, 0.15) is 6.04 Å². The minimum Gasteiger partial charge on any atom is -0.544 e. The summed E-state index contributed by atoms with van der Waals surface area (Å²) in [4.78, 5) is 10.6. The Bertz CT molecular complexity index is 507. The number of hydrogen-bond donors (Lipinski definition) is 1. The van der Waals surface area contributed by atoms with Crippen molar-refractivity contribution in [2.45, 2.75) is 12.5 Å². The summed E-state index contributed by atoms with van der Waals surface area (Å²) in [6.45, 7) is 0. The van der Waals surface area contributed by atoms with Gasteiger partial charge in [-0.05, 0) is 17.7 Å². The second-order valence-corrected chi connectivity index (χ2v) is 3.85. The van der Waals surface area contributed by atoms with Crippen LogP contribution in [-0.2, 0) is 11.2 Å². The van der Waals surface area contributed by atoms with Crippen molar-refractivity contribution < 1.29 is 15.6 Å². The minimum atomic E-state index is -1.14. The third-order valence-corrected chi connectivity index (χ3v) is 2.47. The maximum Gasteiger partial charge on any atom is 0.129 e. The van der Waals surface area contributed by atoms with E-state index in [1.165, 1.54) is 0 Å². The predicted molar refractivity (Wildman–Crippen MR) is 59.0 cm³/mol. The van der Waals surface area contributed by atoms with Crippen molar-refractivity contribution in [1.82, 2.24) is 9.78 Å². The molecule has 88 valence electrons. The summed E-state index contributed by atoms with van der Waals surface area (Å²) >= 11 is 0. The van der Waals surface area contributed by atoms with Gasteiger partial charge in [0.05, 0.1) is 17.9 Å². The van der Waals surface area contributed by atoms with Crippen LogP contribution in [0.5, 0.6) is 0 Å². The lowest BCUT2D eigenvalue weighted by atomic mass is 10.1. The van der Waals surface area contributed by atoms with Gasteiger partial charge in [0, 0.05) is 12.6 Å². The quantitative estimate of drug-likeness (QED) is 0.715. The molecule has 0 fully saturated rings. The van der Waals surface area contributed by atoms with Crippen LogP contribution in [0.2, 0.25) is 0 Å². The van der Waals surface area contributed by atoms with Crippen LogP contribution in [0.3, 0.4) is 0 Å². The molecule has 0 aliphatic carbocycles. The Kier molecular flexibility index (Phi) is 3.20. The first-order valence-electron chi connectivity index (χ1n) is 5.30. The number of carboxylic acids is 1. The van der Waals surface area contributed by atoms with E-state index in [0.717, 1.165) is 11.3 Å². The summed E-state index contributed by atoms with van der Waals surface area (Å²) in [5.41, 5.74) is 5.29. The molecule has 0 saturated carbocycles. The molecule has 0 radical (unpaired) electrons. The fraction of sp³-hybridized carbons (Fsp3) is 0.167. The SMILES string of the molecule is [NH3+][C@H](Cc1cnn(-c2ccccc2)c1)C(=O)[O-]. The lowest BCUT2D eigenvalue weighted by Crippen LogP contribution is -2.69. The number of carboxylic acid groups (broad SMARTS) is 1. The van der Waals surface area contributed by atoms with E-state index in [1.54, 1.807) is 17.1 Å². The molecule has 5 heteroatoms. The molecular formula is C12H13N3O2. The van der Waals surface area contributed by atoms with Gasteiger partial charge in [0.25, 0.3) is 0 Å². The monoisotopic (exact) mass is 231 g/mol. The Balaban J connectivity index is 2.14. The number of aromatic nitrogens is 2. The third-order valence-electron chi connectivity index (χ3n) is 2.47. The van der Waals surface area contributed by atoms with Gasteiger partial charge in [-0.3, -0.25) is 0 Å². The van der Waals surface area contributed by atoms with Gasteiger partial charge in [-0.2, -0.15) is 5.10 Å². The van der Waals surface area contributed by atoms with E-state index in [2.05, 4.69) is 10.8 Å². The number of hydrogen-bond acceptors (Lipinski definition) is 3. The average Bonchev–Trinajstić information content (AvgIpc) is 2.78. The Hall–Kier alpha value is -2.14. The summed E-state index contributed by atoms with van der Waals surface area (Å²) in [6.07, 6.45) is 3.78. The zero-order chi connectivity index (χ0) is 12.3. The first-order chi connectivity index (χ1) is 8.16. The molecule has 0 aliphatic rings. The van der Waals surface area contributed by atoms with Crippen molar-refractivity contribution in [2.24, 2.45) is 0 Å². The zero-order valence-electron chi connectivity index (χ0n) is 9.24.